The Balaban J connectivity index is 1.70. The molecule has 2 heterocycles. The Bertz CT molecular complexity index is 576. The van der Waals surface area contributed by atoms with Gasteiger partial charge in [-0.1, -0.05) is 13.8 Å². The minimum atomic E-state index is 0.244. The molecule has 1 saturated heterocycles. The minimum Gasteiger partial charge on any atom is -0.341 e. The number of amides is 1. The van der Waals surface area contributed by atoms with Crippen molar-refractivity contribution >= 4 is 17.2 Å². The average Bonchev–Trinajstić information content (AvgIpc) is 2.90. The van der Waals surface area contributed by atoms with Crippen molar-refractivity contribution in [2.24, 2.45) is 16.7 Å². The summed E-state index contributed by atoms with van der Waals surface area (Å²) >= 11 is 1.62. The van der Waals surface area contributed by atoms with Crippen molar-refractivity contribution in [3.05, 3.63) is 16.1 Å². The zero-order valence-corrected chi connectivity index (χ0v) is 15.2. The van der Waals surface area contributed by atoms with E-state index in [1.807, 2.05) is 12.3 Å². The zero-order valence-electron chi connectivity index (χ0n) is 14.3. The van der Waals surface area contributed by atoms with Crippen LogP contribution >= 0.6 is 11.3 Å². The van der Waals surface area contributed by atoms with Gasteiger partial charge in [-0.05, 0) is 38.8 Å². The topological polar surface area (TPSA) is 36.4 Å². The number of aromatic nitrogens is 1. The summed E-state index contributed by atoms with van der Waals surface area (Å²) in [6, 6.07) is 0. The number of carbonyl (C=O) groups is 1. The van der Waals surface area contributed by atoms with Crippen LogP contribution in [0.5, 0.6) is 0 Å². The van der Waals surface area contributed by atoms with Crippen LogP contribution in [0.1, 0.15) is 31.0 Å². The van der Waals surface area contributed by atoms with Gasteiger partial charge in [-0.2, -0.15) is 0 Å². The molecule has 0 radical (unpaired) electrons. The molecule has 22 heavy (non-hydrogen) atoms. The Morgan fingerprint density at radius 2 is 2.23 bits per heavy atom. The van der Waals surface area contributed by atoms with Crippen molar-refractivity contribution in [2.75, 3.05) is 33.7 Å². The zero-order chi connectivity index (χ0) is 16.1. The third-order valence-corrected chi connectivity index (χ3v) is 6.20. The second-order valence-corrected chi connectivity index (χ2v) is 9.19. The molecular weight excluding hydrogens is 294 g/mol. The molecule has 2 atom stereocenters. The second-order valence-electron chi connectivity index (χ2n) is 8.13. The summed E-state index contributed by atoms with van der Waals surface area (Å²) in [7, 11) is 4.28. The van der Waals surface area contributed by atoms with Gasteiger partial charge in [-0.3, -0.25) is 4.79 Å². The molecule has 1 saturated carbocycles. The molecule has 3 rings (SSSR count). The number of hydrogen-bond donors (Lipinski definition) is 0. The van der Waals surface area contributed by atoms with Crippen LogP contribution in [-0.2, 0) is 11.2 Å². The lowest BCUT2D eigenvalue weighted by Crippen LogP contribution is -2.57. The quantitative estimate of drug-likeness (QED) is 0.854. The standard InChI is InChI=1S/C17H27N3OS/c1-12-18-13(8-22-12)6-15(21)20-7-14-16(2,3)9-17(14,11-20)10-19(4)5/h8,14H,6-7,9-11H2,1-5H3/t14-,17+/m1/s1. The average molecular weight is 321 g/mol. The van der Waals surface area contributed by atoms with Gasteiger partial charge in [0.15, 0.2) is 0 Å². The van der Waals surface area contributed by atoms with Crippen molar-refractivity contribution < 1.29 is 4.79 Å². The smallest absolute Gasteiger partial charge is 0.228 e. The van der Waals surface area contributed by atoms with Crippen molar-refractivity contribution in [1.29, 1.82) is 0 Å². The fourth-order valence-corrected chi connectivity index (χ4v) is 5.53. The maximum Gasteiger partial charge on any atom is 0.228 e. The molecule has 1 amide bonds. The molecule has 5 heteroatoms. The van der Waals surface area contributed by atoms with Crippen LogP contribution in [0.4, 0.5) is 0 Å². The molecule has 0 unspecified atom stereocenters. The molecule has 2 aliphatic rings. The summed E-state index contributed by atoms with van der Waals surface area (Å²) in [5.41, 5.74) is 1.59. The number of likely N-dealkylation sites (tertiary alicyclic amines) is 1. The van der Waals surface area contributed by atoms with Gasteiger partial charge in [-0.15, -0.1) is 11.3 Å². The fourth-order valence-electron chi connectivity index (χ4n) is 4.92. The van der Waals surface area contributed by atoms with Crippen LogP contribution in [0.2, 0.25) is 0 Å². The first-order chi connectivity index (χ1) is 10.2. The van der Waals surface area contributed by atoms with E-state index in [2.05, 4.69) is 42.7 Å². The molecule has 1 aromatic heterocycles. The van der Waals surface area contributed by atoms with E-state index in [4.69, 9.17) is 0 Å². The Morgan fingerprint density at radius 3 is 2.77 bits per heavy atom. The van der Waals surface area contributed by atoms with E-state index in [-0.39, 0.29) is 5.91 Å². The van der Waals surface area contributed by atoms with Crippen molar-refractivity contribution in [1.82, 2.24) is 14.8 Å². The van der Waals surface area contributed by atoms with Crippen LogP contribution in [0.15, 0.2) is 5.38 Å². The monoisotopic (exact) mass is 321 g/mol. The Morgan fingerprint density at radius 1 is 1.50 bits per heavy atom. The van der Waals surface area contributed by atoms with Crippen molar-refractivity contribution in [3.63, 3.8) is 0 Å². The van der Waals surface area contributed by atoms with Crippen LogP contribution in [0.3, 0.4) is 0 Å². The first-order valence-electron chi connectivity index (χ1n) is 8.05. The van der Waals surface area contributed by atoms with Crippen LogP contribution in [0, 0.1) is 23.7 Å². The van der Waals surface area contributed by atoms with E-state index in [0.29, 0.717) is 23.2 Å². The van der Waals surface area contributed by atoms with Gasteiger partial charge in [0, 0.05) is 30.4 Å². The number of hydrogen-bond acceptors (Lipinski definition) is 4. The van der Waals surface area contributed by atoms with Gasteiger partial charge in [0.25, 0.3) is 0 Å². The summed E-state index contributed by atoms with van der Waals surface area (Å²) in [5, 5.41) is 3.05. The number of rotatable bonds is 4. The summed E-state index contributed by atoms with van der Waals surface area (Å²) in [6.45, 7) is 9.61. The molecular formula is C17H27N3OS. The molecule has 1 aliphatic heterocycles. The van der Waals surface area contributed by atoms with E-state index in [1.54, 1.807) is 11.3 Å². The molecule has 4 nitrogen and oxygen atoms in total. The van der Waals surface area contributed by atoms with Crippen LogP contribution in [-0.4, -0.2) is 54.4 Å². The van der Waals surface area contributed by atoms with Gasteiger partial charge < -0.3 is 9.80 Å². The Kier molecular flexibility index (Phi) is 3.84. The highest BCUT2D eigenvalue weighted by molar-refractivity contribution is 7.09. The van der Waals surface area contributed by atoms with E-state index < -0.39 is 0 Å². The Labute approximate surface area is 137 Å². The number of nitrogens with zero attached hydrogens (tertiary/aromatic N) is 3. The third-order valence-electron chi connectivity index (χ3n) is 5.38. The predicted octanol–water partition coefficient (Wildman–Crippen LogP) is 2.43. The Hall–Kier alpha value is -0.940. The van der Waals surface area contributed by atoms with Crippen LogP contribution in [0.25, 0.3) is 0 Å². The second kappa shape index (κ2) is 5.31. The maximum atomic E-state index is 12.7. The first kappa shape index (κ1) is 15.9. The third kappa shape index (κ3) is 2.69. The molecule has 1 aromatic rings. The predicted molar refractivity (Wildman–Crippen MR) is 90.0 cm³/mol. The van der Waals surface area contributed by atoms with Gasteiger partial charge in [0.1, 0.15) is 0 Å². The van der Waals surface area contributed by atoms with E-state index in [9.17, 15) is 4.79 Å². The molecule has 0 spiro atoms. The molecule has 0 N–H and O–H groups in total. The van der Waals surface area contributed by atoms with E-state index in [1.165, 1.54) is 6.42 Å². The van der Waals surface area contributed by atoms with Gasteiger partial charge in [0.05, 0.1) is 17.1 Å². The fraction of sp³-hybridized carbons (Fsp3) is 0.765. The molecule has 2 fully saturated rings. The summed E-state index contributed by atoms with van der Waals surface area (Å²) in [6.07, 6.45) is 1.68. The maximum absolute atomic E-state index is 12.7. The molecule has 0 aromatic carbocycles. The number of fused-ring (bicyclic) bond motifs is 1. The largest absolute Gasteiger partial charge is 0.341 e. The lowest BCUT2D eigenvalue weighted by molar-refractivity contribution is -0.129. The van der Waals surface area contributed by atoms with Gasteiger partial charge in [-0.25, -0.2) is 4.98 Å². The first-order valence-corrected chi connectivity index (χ1v) is 8.93. The van der Waals surface area contributed by atoms with Crippen molar-refractivity contribution in [3.8, 4) is 0 Å². The molecule has 122 valence electrons. The highest BCUT2D eigenvalue weighted by Gasteiger charge is 2.63. The summed E-state index contributed by atoms with van der Waals surface area (Å²) < 4.78 is 0. The van der Waals surface area contributed by atoms with Gasteiger partial charge in [0.2, 0.25) is 5.91 Å². The number of aryl methyl sites for hydroxylation is 1. The van der Waals surface area contributed by atoms with Gasteiger partial charge >= 0.3 is 0 Å². The summed E-state index contributed by atoms with van der Waals surface area (Å²) in [4.78, 5) is 21.5. The summed E-state index contributed by atoms with van der Waals surface area (Å²) in [5.74, 6) is 0.872. The van der Waals surface area contributed by atoms with Crippen LogP contribution < -0.4 is 0 Å². The molecule has 0 bridgehead atoms. The highest BCUT2D eigenvalue weighted by atomic mass is 32.1. The number of carbonyl (C=O) groups excluding carboxylic acids is 1. The molecule has 1 aliphatic carbocycles. The normalized spacial score (nSPS) is 29.5. The lowest BCUT2D eigenvalue weighted by atomic mass is 9.48. The number of thiazole rings is 1. The highest BCUT2D eigenvalue weighted by Crippen LogP contribution is 2.62. The minimum absolute atomic E-state index is 0.244. The lowest BCUT2D eigenvalue weighted by Gasteiger charge is -2.57. The SMILES string of the molecule is Cc1nc(CC(=O)N2C[C@@H]3C(C)(C)C[C@]3(CN(C)C)C2)cs1. The van der Waals surface area contributed by atoms with Crippen molar-refractivity contribution in [2.45, 2.75) is 33.6 Å². The van der Waals surface area contributed by atoms with E-state index >= 15 is 0 Å². The van der Waals surface area contributed by atoms with E-state index in [0.717, 1.165) is 30.3 Å².